The summed E-state index contributed by atoms with van der Waals surface area (Å²) in [6.07, 6.45) is 6.19. The highest BCUT2D eigenvalue weighted by molar-refractivity contribution is 5.85. The van der Waals surface area contributed by atoms with E-state index in [1.54, 1.807) is 18.3 Å². The Morgan fingerprint density at radius 3 is 2.52 bits per heavy atom. The highest BCUT2D eigenvalue weighted by Gasteiger charge is 2.42. The predicted molar refractivity (Wildman–Crippen MR) is 109 cm³/mol. The van der Waals surface area contributed by atoms with Gasteiger partial charge < -0.3 is 10.6 Å². The molecule has 0 bridgehead atoms. The molecule has 144 valence electrons. The molecule has 3 aromatic rings. The van der Waals surface area contributed by atoms with Crippen LogP contribution in [0.2, 0.25) is 0 Å². The summed E-state index contributed by atoms with van der Waals surface area (Å²) in [5, 5.41) is 11.4. The van der Waals surface area contributed by atoms with Crippen molar-refractivity contribution in [3.8, 4) is 0 Å². The number of halogens is 3. The summed E-state index contributed by atoms with van der Waals surface area (Å²) in [5.74, 6) is 0.732. The lowest BCUT2D eigenvalue weighted by molar-refractivity contribution is 0.301. The van der Waals surface area contributed by atoms with Gasteiger partial charge in [-0.15, -0.1) is 24.8 Å². The fourth-order valence-corrected chi connectivity index (χ4v) is 4.32. The zero-order valence-corrected chi connectivity index (χ0v) is 16.4. The van der Waals surface area contributed by atoms with Gasteiger partial charge in [0, 0.05) is 22.7 Å². The highest BCUT2D eigenvalue weighted by atomic mass is 35.5. The first-order valence-corrected chi connectivity index (χ1v) is 8.86. The minimum atomic E-state index is -0.233. The lowest BCUT2D eigenvalue weighted by Crippen LogP contribution is -2.39. The van der Waals surface area contributed by atoms with E-state index in [1.165, 1.54) is 23.4 Å². The van der Waals surface area contributed by atoms with E-state index in [-0.39, 0.29) is 36.0 Å². The number of nitrogens with one attached hydrogen (secondary N) is 2. The normalized spacial score (nSPS) is 17.2. The van der Waals surface area contributed by atoms with Crippen molar-refractivity contribution in [2.75, 3.05) is 18.4 Å². The predicted octanol–water partition coefficient (Wildman–Crippen LogP) is 4.02. The smallest absolute Gasteiger partial charge is 0.157 e. The Hall–Kier alpha value is -1.89. The van der Waals surface area contributed by atoms with Gasteiger partial charge >= 0.3 is 0 Å². The van der Waals surface area contributed by atoms with Gasteiger partial charge in [-0.2, -0.15) is 9.61 Å². The van der Waals surface area contributed by atoms with Crippen LogP contribution in [0, 0.1) is 5.82 Å². The summed E-state index contributed by atoms with van der Waals surface area (Å²) in [5.41, 5.74) is 4.39. The van der Waals surface area contributed by atoms with Crippen LogP contribution in [-0.4, -0.2) is 27.7 Å². The molecule has 5 nitrogen and oxygen atoms in total. The van der Waals surface area contributed by atoms with E-state index in [2.05, 4.69) is 15.7 Å². The maximum atomic E-state index is 13.2. The highest BCUT2D eigenvalue weighted by Crippen LogP contribution is 2.46. The first-order valence-electron chi connectivity index (χ1n) is 8.86. The Balaban J connectivity index is 0.00000105. The van der Waals surface area contributed by atoms with Crippen molar-refractivity contribution in [2.24, 2.45) is 0 Å². The molecule has 0 unspecified atom stereocenters. The van der Waals surface area contributed by atoms with Crippen LogP contribution in [0.3, 0.4) is 0 Å². The van der Waals surface area contributed by atoms with Crippen molar-refractivity contribution >= 4 is 42.0 Å². The molecule has 5 rings (SSSR count). The summed E-state index contributed by atoms with van der Waals surface area (Å²) in [4.78, 5) is 4.98. The second kappa shape index (κ2) is 7.62. The molecule has 2 aliphatic rings. The van der Waals surface area contributed by atoms with Gasteiger partial charge in [-0.1, -0.05) is 0 Å². The second-order valence-electron chi connectivity index (χ2n) is 7.05. The summed E-state index contributed by atoms with van der Waals surface area (Å²) < 4.78 is 15.1. The molecular weight excluding hydrogens is 388 g/mol. The Morgan fingerprint density at radius 1 is 1.04 bits per heavy atom. The number of aromatic nitrogens is 3. The van der Waals surface area contributed by atoms with Crippen LogP contribution in [0.25, 0.3) is 5.65 Å². The van der Waals surface area contributed by atoms with Crippen LogP contribution in [0.1, 0.15) is 30.5 Å². The topological polar surface area (TPSA) is 54.2 Å². The van der Waals surface area contributed by atoms with E-state index in [0.29, 0.717) is 0 Å². The van der Waals surface area contributed by atoms with E-state index >= 15 is 0 Å². The van der Waals surface area contributed by atoms with Crippen molar-refractivity contribution < 1.29 is 4.39 Å². The lowest BCUT2D eigenvalue weighted by atomic mass is 9.77. The largest absolute Gasteiger partial charge is 0.340 e. The van der Waals surface area contributed by atoms with E-state index < -0.39 is 0 Å². The molecule has 2 N–H and O–H groups in total. The molecule has 0 amide bonds. The molecule has 1 aliphatic heterocycles. The van der Waals surface area contributed by atoms with Crippen LogP contribution in [-0.2, 0) is 11.8 Å². The first-order chi connectivity index (χ1) is 12.3. The van der Waals surface area contributed by atoms with Gasteiger partial charge in [-0.05, 0) is 63.0 Å². The molecule has 1 spiro atoms. The third-order valence-corrected chi connectivity index (χ3v) is 5.66. The van der Waals surface area contributed by atoms with E-state index in [4.69, 9.17) is 4.98 Å². The molecule has 1 aliphatic carbocycles. The van der Waals surface area contributed by atoms with E-state index in [1.807, 2.05) is 10.6 Å². The van der Waals surface area contributed by atoms with Gasteiger partial charge in [-0.3, -0.25) is 0 Å². The molecule has 3 heterocycles. The SMILES string of the molecule is Cl.Cl.Fc1ccc(Nc2c3c(nc4ccnn24)C2(CCNCC2)CC3)cc1. The first kappa shape index (κ1) is 19.9. The average molecular weight is 410 g/mol. The van der Waals surface area contributed by atoms with E-state index in [9.17, 15) is 4.39 Å². The zero-order valence-electron chi connectivity index (χ0n) is 14.7. The maximum Gasteiger partial charge on any atom is 0.157 e. The third-order valence-electron chi connectivity index (χ3n) is 5.66. The number of rotatable bonds is 2. The van der Waals surface area contributed by atoms with Crippen LogP contribution in [0.15, 0.2) is 36.5 Å². The average Bonchev–Trinajstić information content (AvgIpc) is 3.24. The molecule has 0 saturated carbocycles. The van der Waals surface area contributed by atoms with Crippen LogP contribution in [0.5, 0.6) is 0 Å². The minimum Gasteiger partial charge on any atom is -0.340 e. The molecule has 2 aromatic heterocycles. The second-order valence-corrected chi connectivity index (χ2v) is 7.05. The van der Waals surface area contributed by atoms with Crippen molar-refractivity contribution in [3.63, 3.8) is 0 Å². The Bertz CT molecular complexity index is 935. The van der Waals surface area contributed by atoms with Gasteiger partial charge in [0.15, 0.2) is 5.65 Å². The fourth-order valence-electron chi connectivity index (χ4n) is 4.32. The van der Waals surface area contributed by atoms with Gasteiger partial charge in [-0.25, -0.2) is 9.37 Å². The van der Waals surface area contributed by atoms with Crippen molar-refractivity contribution in [1.29, 1.82) is 0 Å². The van der Waals surface area contributed by atoms with Crippen LogP contribution < -0.4 is 10.6 Å². The molecule has 0 radical (unpaired) electrons. The van der Waals surface area contributed by atoms with Gasteiger partial charge in [0.05, 0.1) is 11.9 Å². The number of benzene rings is 1. The summed E-state index contributed by atoms with van der Waals surface area (Å²) in [6, 6.07) is 8.40. The monoisotopic (exact) mass is 409 g/mol. The molecule has 0 atom stereocenters. The number of nitrogens with zero attached hydrogens (tertiary/aromatic N) is 3. The molecule has 8 heteroatoms. The molecule has 1 fully saturated rings. The van der Waals surface area contributed by atoms with Gasteiger partial charge in [0.1, 0.15) is 11.6 Å². The standard InChI is InChI=1S/C19H20FN5.2ClH/c20-13-1-3-14(4-2-13)23-18-15-5-7-19(8-11-21-12-9-19)17(15)24-16-6-10-22-25(16)18;;/h1-4,6,10,21,23H,5,7-9,11-12H2;2*1H. The van der Waals surface area contributed by atoms with E-state index in [0.717, 1.165) is 55.9 Å². The van der Waals surface area contributed by atoms with Crippen LogP contribution in [0.4, 0.5) is 15.9 Å². The fraction of sp³-hybridized carbons (Fsp3) is 0.368. The Kier molecular flexibility index (Phi) is 5.60. The minimum absolute atomic E-state index is 0. The molecule has 1 aromatic carbocycles. The molecular formula is C19H22Cl2FN5. The molecule has 1 saturated heterocycles. The van der Waals surface area contributed by atoms with Crippen molar-refractivity contribution in [1.82, 2.24) is 19.9 Å². The summed E-state index contributed by atoms with van der Waals surface area (Å²) in [6.45, 7) is 2.10. The maximum absolute atomic E-state index is 13.2. The third kappa shape index (κ3) is 3.26. The Morgan fingerprint density at radius 2 is 1.78 bits per heavy atom. The lowest BCUT2D eigenvalue weighted by Gasteiger charge is -2.34. The quantitative estimate of drug-likeness (QED) is 0.670. The number of fused-ring (bicyclic) bond motifs is 3. The zero-order chi connectivity index (χ0) is 16.9. The number of hydrogen-bond donors (Lipinski definition) is 2. The summed E-state index contributed by atoms with van der Waals surface area (Å²) in [7, 11) is 0. The number of piperidine rings is 1. The number of hydrogen-bond acceptors (Lipinski definition) is 4. The van der Waals surface area contributed by atoms with Crippen molar-refractivity contribution in [3.05, 3.63) is 53.6 Å². The Labute approximate surface area is 169 Å². The van der Waals surface area contributed by atoms with Crippen molar-refractivity contribution in [2.45, 2.75) is 31.1 Å². The van der Waals surface area contributed by atoms with Gasteiger partial charge in [0.25, 0.3) is 0 Å². The summed E-state index contributed by atoms with van der Waals surface area (Å²) >= 11 is 0. The van der Waals surface area contributed by atoms with Gasteiger partial charge in [0.2, 0.25) is 0 Å². The van der Waals surface area contributed by atoms with Crippen LogP contribution >= 0.6 is 24.8 Å². The molecule has 27 heavy (non-hydrogen) atoms. The number of anilines is 2.